The Morgan fingerprint density at radius 1 is 1.32 bits per heavy atom. The van der Waals surface area contributed by atoms with Crippen LogP contribution in [0.15, 0.2) is 30.6 Å². The van der Waals surface area contributed by atoms with Gasteiger partial charge in [-0.25, -0.2) is 4.98 Å². The summed E-state index contributed by atoms with van der Waals surface area (Å²) in [6.45, 7) is -0.326. The van der Waals surface area contributed by atoms with Crippen LogP contribution in [0.2, 0.25) is 0 Å². The van der Waals surface area contributed by atoms with Gasteiger partial charge >= 0.3 is 12.1 Å². The highest BCUT2D eigenvalue weighted by atomic mass is 19.4. The van der Waals surface area contributed by atoms with Crippen LogP contribution in [0.25, 0.3) is 16.8 Å². The number of carbonyl (C=O) groups excluding carboxylic acids is 1. The first-order valence-corrected chi connectivity index (χ1v) is 9.86. The molecule has 0 amide bonds. The normalized spacial score (nSPS) is 19.5. The van der Waals surface area contributed by atoms with E-state index in [-0.39, 0.29) is 35.7 Å². The van der Waals surface area contributed by atoms with Crippen molar-refractivity contribution in [3.8, 4) is 17.0 Å². The molecule has 0 spiro atoms. The van der Waals surface area contributed by atoms with Gasteiger partial charge in [-0.05, 0) is 49.0 Å². The summed E-state index contributed by atoms with van der Waals surface area (Å²) in [6, 6.07) is 4.62. The highest BCUT2D eigenvalue weighted by molar-refractivity contribution is 5.77. The van der Waals surface area contributed by atoms with Crippen molar-refractivity contribution < 1.29 is 32.5 Å². The molecule has 1 aliphatic rings. The topological polar surface area (TPSA) is 73.6 Å². The fourth-order valence-corrected chi connectivity index (χ4v) is 4.14. The molecule has 2 atom stereocenters. The maximum absolute atomic E-state index is 13.5. The maximum Gasteiger partial charge on any atom is 0.433 e. The van der Waals surface area contributed by atoms with E-state index in [1.165, 1.54) is 27.3 Å². The number of hydrogen-bond acceptors (Lipinski definition) is 5. The second-order valence-corrected chi connectivity index (χ2v) is 7.61. The smallest absolute Gasteiger partial charge is 0.433 e. The minimum atomic E-state index is -4.57. The van der Waals surface area contributed by atoms with Gasteiger partial charge in [-0.15, -0.1) is 0 Å². The van der Waals surface area contributed by atoms with Crippen molar-refractivity contribution in [3.63, 3.8) is 0 Å². The van der Waals surface area contributed by atoms with E-state index in [0.29, 0.717) is 29.7 Å². The van der Waals surface area contributed by atoms with E-state index in [0.717, 1.165) is 17.3 Å². The second-order valence-electron chi connectivity index (χ2n) is 7.61. The number of carbonyl (C=O) groups is 1. The highest BCUT2D eigenvalue weighted by Crippen LogP contribution is 2.40. The molecule has 1 heterocycles. The summed E-state index contributed by atoms with van der Waals surface area (Å²) < 4.78 is 51.7. The van der Waals surface area contributed by atoms with Gasteiger partial charge in [0.2, 0.25) is 0 Å². The Morgan fingerprint density at radius 2 is 2.06 bits per heavy atom. The molecule has 0 bridgehead atoms. The monoisotopic (exact) mass is 438 g/mol. The molecule has 9 heteroatoms. The van der Waals surface area contributed by atoms with Crippen LogP contribution in [0.5, 0.6) is 5.75 Å². The third kappa shape index (κ3) is 4.76. The first-order chi connectivity index (χ1) is 14.7. The zero-order valence-corrected chi connectivity index (χ0v) is 17.6. The number of benzene rings is 1. The standard InChI is InChI=1S/C22H25F3N2O4/c1-27-12-26-19(20(27)22(23,24)25)14-6-7-18(30-2)17(10-14)16(11-28)9-13-4-5-15(8-13)21(29)31-3/h6-7,9-10,12-13,15,28H,4-5,8,11H2,1-3H3/b16-9+/t13-,15+/m1/s1. The van der Waals surface area contributed by atoms with Crippen molar-refractivity contribution in [1.82, 2.24) is 9.55 Å². The number of aliphatic hydroxyl groups is 1. The van der Waals surface area contributed by atoms with E-state index >= 15 is 0 Å². The van der Waals surface area contributed by atoms with Crippen LogP contribution in [-0.2, 0) is 22.8 Å². The number of aliphatic hydroxyl groups excluding tert-OH is 1. The van der Waals surface area contributed by atoms with Crippen LogP contribution in [0, 0.1) is 11.8 Å². The molecule has 1 N–H and O–H groups in total. The van der Waals surface area contributed by atoms with Crippen LogP contribution < -0.4 is 4.74 Å². The lowest BCUT2D eigenvalue weighted by atomic mass is 9.95. The number of ether oxygens (including phenoxy) is 2. The molecule has 31 heavy (non-hydrogen) atoms. The van der Waals surface area contributed by atoms with Crippen molar-refractivity contribution in [2.75, 3.05) is 20.8 Å². The summed E-state index contributed by atoms with van der Waals surface area (Å²) in [6.07, 6.45) is 0.458. The predicted molar refractivity (Wildman–Crippen MR) is 108 cm³/mol. The number of hydrogen-bond donors (Lipinski definition) is 1. The largest absolute Gasteiger partial charge is 0.496 e. The number of imidazole rings is 1. The molecule has 1 aliphatic carbocycles. The van der Waals surface area contributed by atoms with Crippen molar-refractivity contribution in [2.24, 2.45) is 18.9 Å². The summed E-state index contributed by atoms with van der Waals surface area (Å²) in [7, 11) is 4.10. The summed E-state index contributed by atoms with van der Waals surface area (Å²) in [5.41, 5.74) is 0.237. The molecule has 0 radical (unpaired) electrons. The van der Waals surface area contributed by atoms with Gasteiger partial charge in [0, 0.05) is 18.2 Å². The lowest BCUT2D eigenvalue weighted by Gasteiger charge is -2.15. The molecule has 1 saturated carbocycles. The quantitative estimate of drug-likeness (QED) is 0.688. The van der Waals surface area contributed by atoms with Gasteiger partial charge in [0.05, 0.1) is 33.1 Å². The number of alkyl halides is 3. The number of aryl methyl sites for hydroxylation is 1. The third-order valence-electron chi connectivity index (χ3n) is 5.64. The van der Waals surface area contributed by atoms with Crippen LogP contribution in [0.3, 0.4) is 0 Å². The lowest BCUT2D eigenvalue weighted by Crippen LogP contribution is -2.12. The zero-order valence-electron chi connectivity index (χ0n) is 17.6. The molecule has 1 aromatic heterocycles. The van der Waals surface area contributed by atoms with Crippen molar-refractivity contribution >= 4 is 11.5 Å². The average molecular weight is 438 g/mol. The minimum Gasteiger partial charge on any atom is -0.496 e. The highest BCUT2D eigenvalue weighted by Gasteiger charge is 2.38. The van der Waals surface area contributed by atoms with Gasteiger partial charge in [-0.1, -0.05) is 6.08 Å². The number of halogens is 3. The van der Waals surface area contributed by atoms with Crippen LogP contribution in [-0.4, -0.2) is 41.5 Å². The van der Waals surface area contributed by atoms with Crippen LogP contribution >= 0.6 is 0 Å². The molecule has 3 rings (SSSR count). The first kappa shape index (κ1) is 22.9. The number of methoxy groups -OCH3 is 2. The first-order valence-electron chi connectivity index (χ1n) is 9.86. The van der Waals surface area contributed by atoms with E-state index < -0.39 is 11.9 Å². The van der Waals surface area contributed by atoms with Crippen LogP contribution in [0.4, 0.5) is 13.2 Å². The molecular formula is C22H25F3N2O4. The van der Waals surface area contributed by atoms with Crippen molar-refractivity contribution in [1.29, 1.82) is 0 Å². The summed E-state index contributed by atoms with van der Waals surface area (Å²) in [5.74, 6) is 0.0226. The Balaban J connectivity index is 2.00. The fraction of sp³-hybridized carbons (Fsp3) is 0.455. The summed E-state index contributed by atoms with van der Waals surface area (Å²) >= 11 is 0. The number of rotatable bonds is 6. The minimum absolute atomic E-state index is 0.0419. The summed E-state index contributed by atoms with van der Waals surface area (Å²) in [4.78, 5) is 15.7. The van der Waals surface area contributed by atoms with Crippen molar-refractivity contribution in [3.05, 3.63) is 41.9 Å². The van der Waals surface area contributed by atoms with E-state index in [1.807, 2.05) is 6.08 Å². The Bertz CT molecular complexity index is 982. The number of aromatic nitrogens is 2. The fourth-order valence-electron chi connectivity index (χ4n) is 4.14. The number of esters is 1. The molecule has 0 unspecified atom stereocenters. The predicted octanol–water partition coefficient (Wildman–Crippen LogP) is 4.08. The van der Waals surface area contributed by atoms with Gasteiger partial charge in [0.25, 0.3) is 0 Å². The Hall–Kier alpha value is -2.81. The molecule has 2 aromatic rings. The van der Waals surface area contributed by atoms with E-state index in [9.17, 15) is 23.1 Å². The molecule has 6 nitrogen and oxygen atoms in total. The zero-order chi connectivity index (χ0) is 22.8. The number of nitrogens with zero attached hydrogens (tertiary/aromatic N) is 2. The Morgan fingerprint density at radius 3 is 2.68 bits per heavy atom. The van der Waals surface area contributed by atoms with Gasteiger partial charge in [-0.3, -0.25) is 4.79 Å². The van der Waals surface area contributed by atoms with Crippen molar-refractivity contribution in [2.45, 2.75) is 25.4 Å². The van der Waals surface area contributed by atoms with Gasteiger partial charge in [0.15, 0.2) is 5.69 Å². The molecule has 1 aromatic carbocycles. The van der Waals surface area contributed by atoms with E-state index in [2.05, 4.69) is 4.98 Å². The SMILES string of the molecule is COC(=O)[C@H]1CC[C@@H](/C=C(\CO)c2cc(-c3ncn(C)c3C(F)(F)F)ccc2OC)C1. The second kappa shape index (κ2) is 9.13. The number of allylic oxidation sites excluding steroid dienone is 1. The van der Waals surface area contributed by atoms with E-state index in [1.54, 1.807) is 12.1 Å². The lowest BCUT2D eigenvalue weighted by molar-refractivity contribution is -0.145. The molecule has 0 aliphatic heterocycles. The molecule has 0 saturated heterocycles. The average Bonchev–Trinajstić information content (AvgIpc) is 3.37. The molecular weight excluding hydrogens is 413 g/mol. The van der Waals surface area contributed by atoms with Crippen LogP contribution in [0.1, 0.15) is 30.5 Å². The maximum atomic E-state index is 13.5. The van der Waals surface area contributed by atoms with Gasteiger partial charge in [0.1, 0.15) is 11.4 Å². The Labute approximate surface area is 178 Å². The van der Waals surface area contributed by atoms with E-state index in [4.69, 9.17) is 9.47 Å². The van der Waals surface area contributed by atoms with Gasteiger partial charge < -0.3 is 19.1 Å². The molecule has 168 valence electrons. The third-order valence-corrected chi connectivity index (χ3v) is 5.64. The van der Waals surface area contributed by atoms with Gasteiger partial charge in [-0.2, -0.15) is 13.2 Å². The molecule has 1 fully saturated rings. The summed E-state index contributed by atoms with van der Waals surface area (Å²) in [5, 5.41) is 10.0. The Kier molecular flexibility index (Phi) is 6.74.